The van der Waals surface area contributed by atoms with Crippen LogP contribution in [0.1, 0.15) is 22.3 Å². The van der Waals surface area contributed by atoms with Crippen molar-refractivity contribution >= 4 is 43.7 Å². The summed E-state index contributed by atoms with van der Waals surface area (Å²) in [7, 11) is -4.12. The van der Waals surface area contributed by atoms with E-state index in [2.05, 4.69) is 21.2 Å². The van der Waals surface area contributed by atoms with E-state index in [-0.39, 0.29) is 21.8 Å². The third-order valence-corrected chi connectivity index (χ3v) is 6.74. The molecule has 8 heteroatoms. The Morgan fingerprint density at radius 1 is 1.06 bits per heavy atom. The molecule has 0 aromatic heterocycles. The van der Waals surface area contributed by atoms with E-state index in [1.165, 1.54) is 24.3 Å². The summed E-state index contributed by atoms with van der Waals surface area (Å²) in [5.41, 5.74) is 3.45. The predicted octanol–water partition coefficient (Wildman–Crippen LogP) is 5.69. The number of rotatable bonds is 6. The number of carbonyl (C=O) groups is 1. The third kappa shape index (κ3) is 5.89. The molecule has 3 rings (SSSR count). The Bertz CT molecular complexity index is 1390. The van der Waals surface area contributed by atoms with Crippen LogP contribution in [0.3, 0.4) is 0 Å². The van der Waals surface area contributed by atoms with E-state index >= 15 is 0 Å². The van der Waals surface area contributed by atoms with Crippen molar-refractivity contribution in [2.24, 2.45) is 0 Å². The molecule has 0 fully saturated rings. The van der Waals surface area contributed by atoms with E-state index in [0.717, 1.165) is 16.7 Å². The molecule has 0 spiro atoms. The molecule has 6 nitrogen and oxygen atoms in total. The summed E-state index contributed by atoms with van der Waals surface area (Å²) >= 11 is 3.33. The van der Waals surface area contributed by atoms with Crippen LogP contribution < -0.4 is 9.50 Å². The van der Waals surface area contributed by atoms with E-state index in [1.807, 2.05) is 39.0 Å². The average Bonchev–Trinajstić information content (AvgIpc) is 2.77. The zero-order chi connectivity index (χ0) is 24.2. The number of nitrogens with zero attached hydrogens (tertiary/aromatic N) is 1. The van der Waals surface area contributed by atoms with Crippen LogP contribution in [0.25, 0.3) is 6.08 Å². The van der Waals surface area contributed by atoms with Crippen LogP contribution in [0, 0.1) is 32.1 Å². The number of amides is 1. The Kier molecular flexibility index (Phi) is 7.36. The first-order valence-corrected chi connectivity index (χ1v) is 12.1. The monoisotopic (exact) mass is 524 g/mol. The van der Waals surface area contributed by atoms with Crippen LogP contribution in [0.2, 0.25) is 0 Å². The molecule has 0 unspecified atom stereocenters. The zero-order valence-corrected chi connectivity index (χ0v) is 20.6. The highest BCUT2D eigenvalue weighted by molar-refractivity contribution is 9.10. The first-order valence-electron chi connectivity index (χ1n) is 9.91. The Balaban J connectivity index is 1.95. The molecule has 0 heterocycles. The molecule has 0 aliphatic carbocycles. The lowest BCUT2D eigenvalue weighted by Crippen LogP contribution is -2.15. The third-order valence-electron chi connectivity index (χ3n) is 5.00. The van der Waals surface area contributed by atoms with Crippen molar-refractivity contribution in [3.8, 4) is 11.8 Å². The first kappa shape index (κ1) is 24.2. The van der Waals surface area contributed by atoms with Crippen molar-refractivity contribution in [2.75, 3.05) is 5.32 Å². The standard InChI is InChI=1S/C25H21BrN2O4S/c1-16-7-10-22(11-8-16)33(30,31)32-24-12-9-21(26)14-19(24)13-20(15-27)25(29)28-23-6-4-5-17(2)18(23)3/h4-14H,1-3H3,(H,28,29)/b20-13+. The molecular formula is C25H21BrN2O4S. The summed E-state index contributed by atoms with van der Waals surface area (Å²) in [5, 5.41) is 12.3. The lowest BCUT2D eigenvalue weighted by Gasteiger charge is -2.12. The minimum atomic E-state index is -4.12. The average molecular weight is 525 g/mol. The smallest absolute Gasteiger partial charge is 0.339 e. The second kappa shape index (κ2) is 10.0. The highest BCUT2D eigenvalue weighted by Gasteiger charge is 2.19. The van der Waals surface area contributed by atoms with Gasteiger partial charge in [-0.15, -0.1) is 0 Å². The van der Waals surface area contributed by atoms with Crippen molar-refractivity contribution < 1.29 is 17.4 Å². The molecule has 0 bridgehead atoms. The number of halogens is 1. The molecule has 0 radical (unpaired) electrons. The van der Waals surface area contributed by atoms with Gasteiger partial charge in [0.25, 0.3) is 5.91 Å². The second-order valence-electron chi connectivity index (χ2n) is 7.40. The molecular weight excluding hydrogens is 504 g/mol. The maximum atomic E-state index is 12.8. The molecule has 1 amide bonds. The molecule has 33 heavy (non-hydrogen) atoms. The SMILES string of the molecule is Cc1ccc(S(=O)(=O)Oc2ccc(Br)cc2/C=C(\C#N)C(=O)Nc2cccc(C)c2C)cc1. The van der Waals surface area contributed by atoms with Gasteiger partial charge in [0.2, 0.25) is 0 Å². The van der Waals surface area contributed by atoms with E-state index in [9.17, 15) is 18.5 Å². The van der Waals surface area contributed by atoms with E-state index in [1.54, 1.807) is 30.3 Å². The molecule has 168 valence electrons. The minimum Gasteiger partial charge on any atom is -0.378 e. The van der Waals surface area contributed by atoms with Crippen LogP contribution in [0.4, 0.5) is 5.69 Å². The van der Waals surface area contributed by atoms with Crippen LogP contribution in [-0.4, -0.2) is 14.3 Å². The second-order valence-corrected chi connectivity index (χ2v) is 9.87. The number of hydrogen-bond acceptors (Lipinski definition) is 5. The molecule has 0 aliphatic heterocycles. The van der Waals surface area contributed by atoms with Gasteiger partial charge >= 0.3 is 10.1 Å². The van der Waals surface area contributed by atoms with Gasteiger partial charge in [-0.25, -0.2) is 0 Å². The lowest BCUT2D eigenvalue weighted by molar-refractivity contribution is -0.112. The van der Waals surface area contributed by atoms with Gasteiger partial charge in [0, 0.05) is 15.7 Å². The highest BCUT2D eigenvalue weighted by Crippen LogP contribution is 2.29. The number of carbonyl (C=O) groups excluding carboxylic acids is 1. The molecule has 0 saturated carbocycles. The van der Waals surface area contributed by atoms with Crippen LogP contribution in [0.15, 0.2) is 75.6 Å². The van der Waals surface area contributed by atoms with Gasteiger partial charge in [0.15, 0.2) is 0 Å². The van der Waals surface area contributed by atoms with Crippen molar-refractivity contribution in [1.29, 1.82) is 5.26 Å². The first-order chi connectivity index (χ1) is 15.6. The normalized spacial score (nSPS) is 11.5. The summed E-state index contributed by atoms with van der Waals surface area (Å²) in [4.78, 5) is 12.8. The Morgan fingerprint density at radius 2 is 1.76 bits per heavy atom. The molecule has 3 aromatic rings. The number of hydrogen-bond donors (Lipinski definition) is 1. The Morgan fingerprint density at radius 3 is 2.42 bits per heavy atom. The van der Waals surface area contributed by atoms with Crippen molar-refractivity contribution in [1.82, 2.24) is 0 Å². The van der Waals surface area contributed by atoms with Gasteiger partial charge in [-0.3, -0.25) is 4.79 Å². The van der Waals surface area contributed by atoms with Gasteiger partial charge in [-0.05, 0) is 74.4 Å². The minimum absolute atomic E-state index is 0.000814. The number of anilines is 1. The molecule has 0 atom stereocenters. The number of nitriles is 1. The summed E-state index contributed by atoms with van der Waals surface area (Å²) in [5.74, 6) is -0.621. The predicted molar refractivity (Wildman–Crippen MR) is 131 cm³/mol. The fourth-order valence-corrected chi connectivity index (χ4v) is 4.29. The quantitative estimate of drug-likeness (QED) is 0.254. The maximum absolute atomic E-state index is 12.8. The Hall–Kier alpha value is -3.41. The van der Waals surface area contributed by atoms with Gasteiger partial charge in [0.05, 0.1) is 0 Å². The van der Waals surface area contributed by atoms with E-state index < -0.39 is 16.0 Å². The lowest BCUT2D eigenvalue weighted by atomic mass is 10.1. The number of benzene rings is 3. The highest BCUT2D eigenvalue weighted by atomic mass is 79.9. The molecule has 0 aliphatic rings. The topological polar surface area (TPSA) is 96.3 Å². The summed E-state index contributed by atoms with van der Waals surface area (Å²) in [6, 6.07) is 18.3. The molecule has 0 saturated heterocycles. The Labute approximate surface area is 201 Å². The summed E-state index contributed by atoms with van der Waals surface area (Å²) in [6.45, 7) is 5.64. The van der Waals surface area contributed by atoms with Gasteiger partial charge in [-0.2, -0.15) is 13.7 Å². The largest absolute Gasteiger partial charge is 0.378 e. The molecule has 3 aromatic carbocycles. The van der Waals surface area contributed by atoms with Crippen molar-refractivity contribution in [2.45, 2.75) is 25.7 Å². The van der Waals surface area contributed by atoms with E-state index in [0.29, 0.717) is 10.2 Å². The fourth-order valence-electron chi connectivity index (χ4n) is 2.96. The van der Waals surface area contributed by atoms with E-state index in [4.69, 9.17) is 4.18 Å². The van der Waals surface area contributed by atoms with Crippen LogP contribution in [-0.2, 0) is 14.9 Å². The fraction of sp³-hybridized carbons (Fsp3) is 0.120. The van der Waals surface area contributed by atoms with Crippen molar-refractivity contribution in [3.63, 3.8) is 0 Å². The van der Waals surface area contributed by atoms with Gasteiger partial charge in [-0.1, -0.05) is 45.8 Å². The number of nitrogens with one attached hydrogen (secondary N) is 1. The number of aryl methyl sites for hydroxylation is 2. The summed E-state index contributed by atoms with van der Waals surface area (Å²) in [6.07, 6.45) is 1.30. The maximum Gasteiger partial charge on any atom is 0.339 e. The van der Waals surface area contributed by atoms with Crippen LogP contribution >= 0.6 is 15.9 Å². The molecule has 1 N–H and O–H groups in total. The van der Waals surface area contributed by atoms with Crippen molar-refractivity contribution in [3.05, 3.63) is 93.0 Å². The summed E-state index contributed by atoms with van der Waals surface area (Å²) < 4.78 is 31.5. The zero-order valence-electron chi connectivity index (χ0n) is 18.2. The van der Waals surface area contributed by atoms with Gasteiger partial charge < -0.3 is 9.50 Å². The van der Waals surface area contributed by atoms with Gasteiger partial charge in [0.1, 0.15) is 22.3 Å². The van der Waals surface area contributed by atoms with Crippen LogP contribution in [0.5, 0.6) is 5.75 Å².